The van der Waals surface area contributed by atoms with E-state index in [1.165, 1.54) is 19.2 Å². The molecule has 2 aromatic heterocycles. The van der Waals surface area contributed by atoms with Crippen LogP contribution in [-0.2, 0) is 16.0 Å². The highest BCUT2D eigenvalue weighted by Crippen LogP contribution is 2.40. The van der Waals surface area contributed by atoms with Gasteiger partial charge in [0.15, 0.2) is 16.8 Å². The fourth-order valence-electron chi connectivity index (χ4n) is 5.03. The first kappa shape index (κ1) is 23.9. The van der Waals surface area contributed by atoms with Crippen molar-refractivity contribution in [2.24, 2.45) is 5.92 Å². The van der Waals surface area contributed by atoms with Gasteiger partial charge in [-0.05, 0) is 43.4 Å². The fourth-order valence-corrected chi connectivity index (χ4v) is 5.20. The standard InChI is InChI=1S/C24H25ClF3N5O2/c1-31(23(34)16-8-11-35-12-9-16)22(24(26,27)28)15-4-6-17(7-5-15)32-10-2-3-18-19(32)14-29-21-13-20(25)30-33(18)21/h4-7,13-14,16,22H,2-3,8-12H2,1H3/t22-/m0/s1. The van der Waals surface area contributed by atoms with Crippen molar-refractivity contribution in [3.8, 4) is 0 Å². The van der Waals surface area contributed by atoms with Gasteiger partial charge in [-0.3, -0.25) is 4.79 Å². The molecule has 0 bridgehead atoms. The second-order valence-corrected chi connectivity index (χ2v) is 9.34. The summed E-state index contributed by atoms with van der Waals surface area (Å²) in [7, 11) is 1.23. The minimum atomic E-state index is -4.61. The van der Waals surface area contributed by atoms with Crippen molar-refractivity contribution in [2.45, 2.75) is 37.9 Å². The first-order valence-electron chi connectivity index (χ1n) is 11.6. The molecule has 0 saturated carbocycles. The highest BCUT2D eigenvalue weighted by molar-refractivity contribution is 6.29. The molecule has 186 valence electrons. The van der Waals surface area contributed by atoms with Gasteiger partial charge < -0.3 is 14.5 Å². The Bertz CT molecular complexity index is 1220. The second-order valence-electron chi connectivity index (χ2n) is 8.95. The zero-order chi connectivity index (χ0) is 24.7. The number of alkyl halides is 3. The quantitative estimate of drug-likeness (QED) is 0.500. The number of amides is 1. The normalized spacial score (nSPS) is 17.9. The Morgan fingerprint density at radius 3 is 2.63 bits per heavy atom. The number of aromatic nitrogens is 3. The first-order chi connectivity index (χ1) is 16.7. The number of ether oxygens (including phenoxy) is 1. The molecular weight excluding hydrogens is 483 g/mol. The van der Waals surface area contributed by atoms with Crippen molar-refractivity contribution in [3.63, 3.8) is 0 Å². The summed E-state index contributed by atoms with van der Waals surface area (Å²) >= 11 is 6.05. The van der Waals surface area contributed by atoms with Gasteiger partial charge in [0.1, 0.15) is 0 Å². The summed E-state index contributed by atoms with van der Waals surface area (Å²) in [4.78, 5) is 20.1. The van der Waals surface area contributed by atoms with Crippen LogP contribution in [0.25, 0.3) is 5.65 Å². The van der Waals surface area contributed by atoms with Crippen LogP contribution >= 0.6 is 11.6 Å². The van der Waals surface area contributed by atoms with E-state index in [1.54, 1.807) is 28.9 Å². The van der Waals surface area contributed by atoms with Gasteiger partial charge in [-0.1, -0.05) is 23.7 Å². The lowest BCUT2D eigenvalue weighted by atomic mass is 9.96. The largest absolute Gasteiger partial charge is 0.413 e. The zero-order valence-corrected chi connectivity index (χ0v) is 19.9. The molecule has 1 fully saturated rings. The van der Waals surface area contributed by atoms with Gasteiger partial charge in [0, 0.05) is 44.5 Å². The van der Waals surface area contributed by atoms with E-state index in [-0.39, 0.29) is 5.56 Å². The Labute approximate surface area is 205 Å². The molecule has 1 saturated heterocycles. The number of aryl methyl sites for hydroxylation is 1. The van der Waals surface area contributed by atoms with Crippen LogP contribution in [-0.4, -0.2) is 58.4 Å². The molecule has 0 unspecified atom stereocenters. The van der Waals surface area contributed by atoms with E-state index >= 15 is 0 Å². The molecule has 0 radical (unpaired) electrons. The molecule has 5 rings (SSSR count). The summed E-state index contributed by atoms with van der Waals surface area (Å²) in [6.07, 6.45) is -0.360. The maximum atomic E-state index is 14.1. The minimum Gasteiger partial charge on any atom is -0.381 e. The molecule has 7 nitrogen and oxygen atoms in total. The molecule has 35 heavy (non-hydrogen) atoms. The summed E-state index contributed by atoms with van der Waals surface area (Å²) < 4.78 is 49.4. The van der Waals surface area contributed by atoms with Crippen LogP contribution in [0, 0.1) is 5.92 Å². The molecular formula is C24H25ClF3N5O2. The topological polar surface area (TPSA) is 63.0 Å². The molecule has 1 atom stereocenters. The number of rotatable bonds is 4. The number of hydrogen-bond donors (Lipinski definition) is 0. The predicted octanol–water partition coefficient (Wildman–Crippen LogP) is 4.96. The summed E-state index contributed by atoms with van der Waals surface area (Å²) in [5, 5.41) is 4.67. The molecule has 2 aliphatic heterocycles. The molecule has 2 aliphatic rings. The van der Waals surface area contributed by atoms with Crippen LogP contribution in [0.1, 0.15) is 36.6 Å². The Morgan fingerprint density at radius 1 is 1.23 bits per heavy atom. The first-order valence-corrected chi connectivity index (χ1v) is 11.9. The Hall–Kier alpha value is -2.85. The number of carbonyl (C=O) groups is 1. The number of carbonyl (C=O) groups excluding carboxylic acids is 1. The van der Waals surface area contributed by atoms with Crippen LogP contribution in [0.5, 0.6) is 0 Å². The maximum absolute atomic E-state index is 14.1. The van der Waals surface area contributed by atoms with Gasteiger partial charge in [0.2, 0.25) is 5.91 Å². The van der Waals surface area contributed by atoms with E-state index in [1.807, 2.05) is 4.90 Å². The number of anilines is 2. The van der Waals surface area contributed by atoms with E-state index < -0.39 is 24.0 Å². The maximum Gasteiger partial charge on any atom is 0.413 e. The average Bonchev–Trinajstić information content (AvgIpc) is 3.24. The van der Waals surface area contributed by atoms with Crippen LogP contribution in [0.3, 0.4) is 0 Å². The lowest BCUT2D eigenvalue weighted by molar-refractivity contribution is -0.191. The van der Waals surface area contributed by atoms with Crippen molar-refractivity contribution >= 4 is 34.5 Å². The third-order valence-corrected chi connectivity index (χ3v) is 6.94. The van der Waals surface area contributed by atoms with E-state index in [0.717, 1.165) is 34.8 Å². The van der Waals surface area contributed by atoms with Crippen molar-refractivity contribution < 1.29 is 22.7 Å². The smallest absolute Gasteiger partial charge is 0.381 e. The van der Waals surface area contributed by atoms with Crippen molar-refractivity contribution in [2.75, 3.05) is 31.7 Å². The molecule has 0 spiro atoms. The average molecular weight is 508 g/mol. The number of hydrogen-bond acceptors (Lipinski definition) is 5. The molecule has 11 heteroatoms. The summed E-state index contributed by atoms with van der Waals surface area (Å²) in [5.74, 6) is -0.958. The lowest BCUT2D eigenvalue weighted by Gasteiger charge is -2.34. The van der Waals surface area contributed by atoms with Crippen LogP contribution in [0.15, 0.2) is 36.5 Å². The van der Waals surface area contributed by atoms with E-state index in [4.69, 9.17) is 16.3 Å². The molecule has 1 amide bonds. The van der Waals surface area contributed by atoms with Crippen LogP contribution < -0.4 is 4.90 Å². The number of nitrogens with zero attached hydrogens (tertiary/aromatic N) is 5. The van der Waals surface area contributed by atoms with Crippen molar-refractivity contribution in [1.82, 2.24) is 19.5 Å². The Balaban J connectivity index is 1.43. The third-order valence-electron chi connectivity index (χ3n) is 6.75. The zero-order valence-electron chi connectivity index (χ0n) is 19.1. The second kappa shape index (κ2) is 9.31. The monoisotopic (exact) mass is 507 g/mol. The van der Waals surface area contributed by atoms with Gasteiger partial charge >= 0.3 is 6.18 Å². The number of halogens is 4. The molecule has 3 aromatic rings. The fraction of sp³-hybridized carbons (Fsp3) is 0.458. The lowest BCUT2D eigenvalue weighted by Crippen LogP contribution is -2.43. The Morgan fingerprint density at radius 2 is 1.94 bits per heavy atom. The SMILES string of the molecule is CN(C(=O)C1CCOCC1)[C@@H](c1ccc(N2CCCc3c2cnc2cc(Cl)nn32)cc1)C(F)(F)F. The summed E-state index contributed by atoms with van der Waals surface area (Å²) in [5.41, 5.74) is 3.21. The predicted molar refractivity (Wildman–Crippen MR) is 125 cm³/mol. The van der Waals surface area contributed by atoms with E-state index in [9.17, 15) is 18.0 Å². The molecule has 4 heterocycles. The van der Waals surface area contributed by atoms with Crippen LogP contribution in [0.4, 0.5) is 24.5 Å². The van der Waals surface area contributed by atoms with Crippen molar-refractivity contribution in [3.05, 3.63) is 52.9 Å². The number of fused-ring (bicyclic) bond motifs is 3. The highest BCUT2D eigenvalue weighted by atomic mass is 35.5. The van der Waals surface area contributed by atoms with Gasteiger partial charge in [-0.25, -0.2) is 9.50 Å². The van der Waals surface area contributed by atoms with Gasteiger partial charge in [0.05, 0.1) is 17.6 Å². The van der Waals surface area contributed by atoms with Gasteiger partial charge in [-0.2, -0.15) is 18.3 Å². The van der Waals surface area contributed by atoms with Crippen LogP contribution in [0.2, 0.25) is 5.15 Å². The highest BCUT2D eigenvalue weighted by Gasteiger charge is 2.46. The van der Waals surface area contributed by atoms with Crippen molar-refractivity contribution in [1.29, 1.82) is 0 Å². The summed E-state index contributed by atoms with van der Waals surface area (Å²) in [6, 6.07) is 5.89. The minimum absolute atomic E-state index is 0.0221. The summed E-state index contributed by atoms with van der Waals surface area (Å²) in [6.45, 7) is 1.47. The third kappa shape index (κ3) is 4.56. The molecule has 0 aliphatic carbocycles. The number of benzene rings is 1. The van der Waals surface area contributed by atoms with E-state index in [0.29, 0.717) is 43.4 Å². The van der Waals surface area contributed by atoms with E-state index in [2.05, 4.69) is 10.1 Å². The molecule has 0 N–H and O–H groups in total. The van der Waals surface area contributed by atoms with Gasteiger partial charge in [-0.15, -0.1) is 0 Å². The molecule has 1 aromatic carbocycles. The van der Waals surface area contributed by atoms with Gasteiger partial charge in [0.25, 0.3) is 0 Å². The Kier molecular flexibility index (Phi) is 6.35.